The molecular formula is C22H27ClN3O2+. The zero-order valence-corrected chi connectivity index (χ0v) is 17.0. The van der Waals surface area contributed by atoms with Gasteiger partial charge in [-0.3, -0.25) is 9.59 Å². The van der Waals surface area contributed by atoms with Crippen molar-refractivity contribution in [2.45, 2.75) is 19.8 Å². The first kappa shape index (κ1) is 20.4. The Bertz CT molecular complexity index is 832. The third-order valence-corrected chi connectivity index (χ3v) is 5.57. The largest absolute Gasteiger partial charge is 0.331 e. The molecule has 5 nitrogen and oxygen atoms in total. The maximum atomic E-state index is 12.5. The van der Waals surface area contributed by atoms with E-state index in [-0.39, 0.29) is 11.8 Å². The Morgan fingerprint density at radius 1 is 1.04 bits per heavy atom. The molecule has 2 amide bonds. The van der Waals surface area contributed by atoms with Gasteiger partial charge in [-0.1, -0.05) is 54.9 Å². The second-order valence-electron chi connectivity index (χ2n) is 7.13. The van der Waals surface area contributed by atoms with Crippen molar-refractivity contribution in [2.24, 2.45) is 0 Å². The van der Waals surface area contributed by atoms with E-state index >= 15 is 0 Å². The van der Waals surface area contributed by atoms with Crippen molar-refractivity contribution in [3.8, 4) is 0 Å². The number of anilines is 1. The number of quaternary nitrogens is 1. The number of halogens is 1. The molecule has 1 aliphatic rings. The molecule has 28 heavy (non-hydrogen) atoms. The third kappa shape index (κ3) is 5.33. The molecule has 0 aliphatic carbocycles. The zero-order valence-electron chi connectivity index (χ0n) is 16.2. The molecule has 0 aromatic heterocycles. The Hall–Kier alpha value is -2.37. The number of piperazine rings is 1. The predicted molar refractivity (Wildman–Crippen MR) is 112 cm³/mol. The van der Waals surface area contributed by atoms with Crippen LogP contribution in [0.1, 0.15) is 18.1 Å². The number of aryl methyl sites for hydroxylation is 1. The van der Waals surface area contributed by atoms with Crippen molar-refractivity contribution in [2.75, 3.05) is 38.0 Å². The lowest BCUT2D eigenvalue weighted by Crippen LogP contribution is -3.15. The van der Waals surface area contributed by atoms with Crippen LogP contribution >= 0.6 is 11.6 Å². The van der Waals surface area contributed by atoms with E-state index in [0.29, 0.717) is 31.1 Å². The van der Waals surface area contributed by atoms with Gasteiger partial charge in [0.15, 0.2) is 6.54 Å². The highest BCUT2D eigenvalue weighted by atomic mass is 35.5. The Morgan fingerprint density at radius 3 is 2.36 bits per heavy atom. The summed E-state index contributed by atoms with van der Waals surface area (Å²) >= 11 is 6.16. The van der Waals surface area contributed by atoms with Gasteiger partial charge in [-0.05, 0) is 29.7 Å². The van der Waals surface area contributed by atoms with Gasteiger partial charge in [0.1, 0.15) is 0 Å². The number of hydrogen-bond acceptors (Lipinski definition) is 2. The van der Waals surface area contributed by atoms with Crippen molar-refractivity contribution >= 4 is 29.1 Å². The molecule has 1 saturated heterocycles. The Labute approximate surface area is 171 Å². The molecule has 0 radical (unpaired) electrons. The summed E-state index contributed by atoms with van der Waals surface area (Å²) in [6, 6.07) is 15.4. The number of hydrogen-bond donors (Lipinski definition) is 2. The van der Waals surface area contributed by atoms with E-state index < -0.39 is 0 Å². The Balaban J connectivity index is 1.46. The number of carbonyl (C=O) groups is 2. The van der Waals surface area contributed by atoms with Crippen LogP contribution in [-0.2, 0) is 22.4 Å². The predicted octanol–water partition coefficient (Wildman–Crippen LogP) is 1.81. The van der Waals surface area contributed by atoms with Crippen LogP contribution in [0, 0.1) is 0 Å². The summed E-state index contributed by atoms with van der Waals surface area (Å²) in [4.78, 5) is 28.0. The second-order valence-corrected chi connectivity index (χ2v) is 7.54. The van der Waals surface area contributed by atoms with Crippen molar-refractivity contribution < 1.29 is 14.5 Å². The van der Waals surface area contributed by atoms with Crippen LogP contribution in [0.4, 0.5) is 5.69 Å². The first-order valence-corrected chi connectivity index (χ1v) is 10.2. The van der Waals surface area contributed by atoms with E-state index in [2.05, 4.69) is 12.2 Å². The number of carbonyl (C=O) groups excluding carboxylic acids is 2. The smallest absolute Gasteiger partial charge is 0.279 e. The molecule has 2 aromatic carbocycles. The lowest BCUT2D eigenvalue weighted by Gasteiger charge is -2.32. The number of rotatable bonds is 6. The second kappa shape index (κ2) is 9.71. The SMILES string of the molecule is CCc1ccccc1NC(=O)C[NH+]1CCN(C(=O)Cc2ccccc2Cl)CC1. The molecule has 0 spiro atoms. The summed E-state index contributed by atoms with van der Waals surface area (Å²) in [5, 5.41) is 3.66. The monoisotopic (exact) mass is 400 g/mol. The lowest BCUT2D eigenvalue weighted by atomic mass is 10.1. The lowest BCUT2D eigenvalue weighted by molar-refractivity contribution is -0.895. The molecule has 148 valence electrons. The van der Waals surface area contributed by atoms with Crippen LogP contribution in [0.3, 0.4) is 0 Å². The number of nitrogens with zero attached hydrogens (tertiary/aromatic N) is 1. The van der Waals surface area contributed by atoms with Gasteiger partial charge in [-0.2, -0.15) is 0 Å². The third-order valence-electron chi connectivity index (χ3n) is 5.21. The zero-order chi connectivity index (χ0) is 19.9. The summed E-state index contributed by atoms with van der Waals surface area (Å²) in [5.41, 5.74) is 2.89. The summed E-state index contributed by atoms with van der Waals surface area (Å²) in [5.74, 6) is 0.111. The number of nitrogens with one attached hydrogen (secondary N) is 2. The van der Waals surface area contributed by atoms with Crippen LogP contribution in [0.2, 0.25) is 5.02 Å². The highest BCUT2D eigenvalue weighted by molar-refractivity contribution is 6.31. The van der Waals surface area contributed by atoms with Crippen molar-refractivity contribution in [3.63, 3.8) is 0 Å². The van der Waals surface area contributed by atoms with E-state index in [9.17, 15) is 9.59 Å². The fraction of sp³-hybridized carbons (Fsp3) is 0.364. The quantitative estimate of drug-likeness (QED) is 0.777. The van der Waals surface area contributed by atoms with Crippen molar-refractivity contribution in [3.05, 3.63) is 64.7 Å². The van der Waals surface area contributed by atoms with Crippen LogP contribution in [0.5, 0.6) is 0 Å². The average molecular weight is 401 g/mol. The van der Waals surface area contributed by atoms with Gasteiger partial charge in [0.2, 0.25) is 5.91 Å². The van der Waals surface area contributed by atoms with Crippen LogP contribution in [0.15, 0.2) is 48.5 Å². The topological polar surface area (TPSA) is 53.9 Å². The van der Waals surface area contributed by atoms with Crippen molar-refractivity contribution in [1.29, 1.82) is 0 Å². The van der Waals surface area contributed by atoms with Gasteiger partial charge >= 0.3 is 0 Å². The molecule has 1 fully saturated rings. The standard InChI is InChI=1S/C22H26ClN3O2/c1-2-17-7-4-6-10-20(17)24-21(27)16-25-11-13-26(14-12-25)22(28)15-18-8-3-5-9-19(18)23/h3-10H,2,11-16H2,1H3,(H,24,27)/p+1. The molecule has 2 N–H and O–H groups in total. The van der Waals surface area contributed by atoms with E-state index in [1.807, 2.05) is 53.4 Å². The molecule has 0 saturated carbocycles. The summed E-state index contributed by atoms with van der Waals surface area (Å²) in [6.45, 7) is 5.38. The first-order chi connectivity index (χ1) is 13.6. The van der Waals surface area contributed by atoms with Gasteiger partial charge in [0.25, 0.3) is 5.91 Å². The molecule has 3 rings (SSSR count). The van der Waals surface area contributed by atoms with Gasteiger partial charge in [0, 0.05) is 10.7 Å². The molecule has 0 bridgehead atoms. The molecule has 1 aliphatic heterocycles. The minimum absolute atomic E-state index is 0.0201. The highest BCUT2D eigenvalue weighted by Crippen LogP contribution is 2.16. The van der Waals surface area contributed by atoms with Crippen molar-refractivity contribution in [1.82, 2.24) is 4.90 Å². The van der Waals surface area contributed by atoms with Gasteiger partial charge in [0.05, 0.1) is 32.6 Å². The number of amides is 2. The number of benzene rings is 2. The average Bonchev–Trinajstić information content (AvgIpc) is 2.70. The highest BCUT2D eigenvalue weighted by Gasteiger charge is 2.25. The van der Waals surface area contributed by atoms with Crippen LogP contribution < -0.4 is 10.2 Å². The maximum Gasteiger partial charge on any atom is 0.279 e. The first-order valence-electron chi connectivity index (χ1n) is 9.79. The normalized spacial score (nSPS) is 14.7. The van der Waals surface area contributed by atoms with E-state index in [1.165, 1.54) is 4.90 Å². The van der Waals surface area contributed by atoms with Crippen LogP contribution in [-0.4, -0.2) is 49.4 Å². The summed E-state index contributed by atoms with van der Waals surface area (Å²) in [6.07, 6.45) is 1.21. The Morgan fingerprint density at radius 2 is 1.68 bits per heavy atom. The minimum atomic E-state index is 0.0201. The van der Waals surface area contributed by atoms with Gasteiger partial charge < -0.3 is 15.1 Å². The molecular weight excluding hydrogens is 374 g/mol. The molecule has 0 atom stereocenters. The fourth-order valence-corrected chi connectivity index (χ4v) is 3.74. The summed E-state index contributed by atoms with van der Waals surface area (Å²) in [7, 11) is 0. The van der Waals surface area contributed by atoms with Gasteiger partial charge in [-0.15, -0.1) is 0 Å². The van der Waals surface area contributed by atoms with Gasteiger partial charge in [-0.25, -0.2) is 0 Å². The van der Waals surface area contributed by atoms with E-state index in [0.717, 1.165) is 36.3 Å². The van der Waals surface area contributed by atoms with Crippen LogP contribution in [0.25, 0.3) is 0 Å². The molecule has 1 heterocycles. The fourth-order valence-electron chi connectivity index (χ4n) is 3.54. The maximum absolute atomic E-state index is 12.5. The molecule has 2 aromatic rings. The van der Waals surface area contributed by atoms with E-state index in [1.54, 1.807) is 0 Å². The number of para-hydroxylation sites is 1. The minimum Gasteiger partial charge on any atom is -0.331 e. The molecule has 6 heteroatoms. The summed E-state index contributed by atoms with van der Waals surface area (Å²) < 4.78 is 0. The Kier molecular flexibility index (Phi) is 7.06. The molecule has 0 unspecified atom stereocenters. The van der Waals surface area contributed by atoms with E-state index in [4.69, 9.17) is 11.6 Å².